The minimum absolute atomic E-state index is 0.224. The van der Waals surface area contributed by atoms with Crippen LogP contribution in [-0.4, -0.2) is 7.05 Å². The molecule has 0 bridgehead atoms. The normalized spacial score (nSPS) is 12.9. The molecule has 0 aliphatic rings. The van der Waals surface area contributed by atoms with Crippen molar-refractivity contribution >= 4 is 43.2 Å². The van der Waals surface area contributed by atoms with Crippen LogP contribution >= 0.6 is 43.2 Å². The zero-order chi connectivity index (χ0) is 9.14. The van der Waals surface area contributed by atoms with Gasteiger partial charge in [0, 0.05) is 0 Å². The van der Waals surface area contributed by atoms with E-state index in [0.717, 1.165) is 7.57 Å². The largest absolute Gasteiger partial charge is 0.310 e. The third kappa shape index (κ3) is 2.19. The lowest BCUT2D eigenvalue weighted by Crippen LogP contribution is -2.12. The molecule has 1 nitrogen and oxygen atoms in total. The zero-order valence-corrected chi connectivity index (χ0v) is 10.6. The van der Waals surface area contributed by atoms with Gasteiger partial charge in [0.2, 0.25) is 0 Å². The highest BCUT2D eigenvalue weighted by atomic mass is 79.9. The van der Waals surface area contributed by atoms with Gasteiger partial charge in [-0.2, -0.15) is 0 Å². The van der Waals surface area contributed by atoms with Crippen LogP contribution in [0.1, 0.15) is 11.6 Å². The molecule has 1 aromatic rings. The number of likely N-dealkylation sites (N-methyl/N-ethyl adjacent to an activating group) is 1. The molecule has 0 amide bonds. The molecule has 66 valence electrons. The number of nitrogens with one attached hydrogen (secondary N) is 1. The van der Waals surface area contributed by atoms with E-state index in [0.29, 0.717) is 0 Å². The summed E-state index contributed by atoms with van der Waals surface area (Å²) in [5, 5.41) is 3.16. The zero-order valence-electron chi connectivity index (χ0n) is 6.60. The number of halogens is 2. The molecule has 4 heteroatoms. The quantitative estimate of drug-likeness (QED) is 0.839. The topological polar surface area (TPSA) is 12.0 Å². The minimum atomic E-state index is 0.224. The summed E-state index contributed by atoms with van der Waals surface area (Å²) in [5.41, 5.74) is 1.23. The molecule has 0 saturated heterocycles. The summed E-state index contributed by atoms with van der Waals surface area (Å²) in [6.45, 7) is 3.76. The van der Waals surface area contributed by atoms with Crippen molar-refractivity contribution in [1.29, 1.82) is 0 Å². The summed E-state index contributed by atoms with van der Waals surface area (Å²) in [7, 11) is 1.92. The first-order chi connectivity index (χ1) is 5.69. The average molecular weight is 311 g/mol. The summed E-state index contributed by atoms with van der Waals surface area (Å²) in [6.07, 6.45) is 1.89. The van der Waals surface area contributed by atoms with Crippen molar-refractivity contribution in [3.05, 3.63) is 31.9 Å². The molecule has 1 unspecified atom stereocenters. The molecule has 0 aromatic carbocycles. The lowest BCUT2D eigenvalue weighted by Gasteiger charge is -2.09. The van der Waals surface area contributed by atoms with Crippen molar-refractivity contribution in [3.8, 4) is 0 Å². The van der Waals surface area contributed by atoms with Gasteiger partial charge in [0.25, 0.3) is 0 Å². The highest BCUT2D eigenvalue weighted by Crippen LogP contribution is 2.35. The Balaban J connectivity index is 2.99. The van der Waals surface area contributed by atoms with Gasteiger partial charge in [0.15, 0.2) is 0 Å². The van der Waals surface area contributed by atoms with E-state index < -0.39 is 0 Å². The predicted molar refractivity (Wildman–Crippen MR) is 61.7 cm³/mol. The summed E-state index contributed by atoms with van der Waals surface area (Å²) in [5.74, 6) is 0. The Morgan fingerprint density at radius 3 is 2.67 bits per heavy atom. The van der Waals surface area contributed by atoms with E-state index >= 15 is 0 Å². The van der Waals surface area contributed by atoms with E-state index in [9.17, 15) is 0 Å². The molecule has 1 atom stereocenters. The lowest BCUT2D eigenvalue weighted by molar-refractivity contribution is 0.716. The van der Waals surface area contributed by atoms with E-state index in [1.54, 1.807) is 11.3 Å². The van der Waals surface area contributed by atoms with Gasteiger partial charge < -0.3 is 5.32 Å². The van der Waals surface area contributed by atoms with Crippen LogP contribution in [0.15, 0.2) is 26.3 Å². The molecule has 0 aliphatic heterocycles. The summed E-state index contributed by atoms with van der Waals surface area (Å²) in [6, 6.07) is 2.32. The second-order valence-corrected chi connectivity index (χ2v) is 6.03. The van der Waals surface area contributed by atoms with E-state index in [2.05, 4.69) is 49.8 Å². The third-order valence-electron chi connectivity index (χ3n) is 1.56. The standard InChI is InChI=1S/C8H9Br2NS/c1-3-6(11-2)5-4-7(9)12-8(5)10/h3-4,6,11H,1H2,2H3. The molecular formula is C8H9Br2NS. The van der Waals surface area contributed by atoms with Crippen LogP contribution in [0.4, 0.5) is 0 Å². The first kappa shape index (κ1) is 10.4. The first-order valence-electron chi connectivity index (χ1n) is 3.43. The fourth-order valence-electron chi connectivity index (χ4n) is 0.965. The van der Waals surface area contributed by atoms with Gasteiger partial charge in [-0.25, -0.2) is 0 Å². The highest BCUT2D eigenvalue weighted by Gasteiger charge is 2.11. The monoisotopic (exact) mass is 309 g/mol. The second-order valence-electron chi connectivity index (χ2n) is 2.28. The van der Waals surface area contributed by atoms with Crippen molar-refractivity contribution < 1.29 is 0 Å². The van der Waals surface area contributed by atoms with E-state index in [4.69, 9.17) is 0 Å². The van der Waals surface area contributed by atoms with Crippen LogP contribution in [-0.2, 0) is 0 Å². The predicted octanol–water partition coefficient (Wildman–Crippen LogP) is 3.72. The molecule has 1 heterocycles. The summed E-state index contributed by atoms with van der Waals surface area (Å²) < 4.78 is 2.28. The molecule has 0 spiro atoms. The Labute approximate surface area is 93.1 Å². The van der Waals surface area contributed by atoms with E-state index in [1.165, 1.54) is 5.56 Å². The van der Waals surface area contributed by atoms with Gasteiger partial charge in [0.1, 0.15) is 0 Å². The van der Waals surface area contributed by atoms with Gasteiger partial charge in [-0.1, -0.05) is 6.08 Å². The van der Waals surface area contributed by atoms with Crippen molar-refractivity contribution in [3.63, 3.8) is 0 Å². The summed E-state index contributed by atoms with van der Waals surface area (Å²) >= 11 is 8.61. The molecule has 1 N–H and O–H groups in total. The third-order valence-corrected chi connectivity index (χ3v) is 3.95. The first-order valence-corrected chi connectivity index (χ1v) is 5.83. The van der Waals surface area contributed by atoms with Crippen molar-refractivity contribution in [1.82, 2.24) is 5.32 Å². The maximum Gasteiger partial charge on any atom is 0.0761 e. The molecule has 0 saturated carbocycles. The Hall–Kier alpha value is 0.360. The second kappa shape index (κ2) is 4.56. The maximum atomic E-state index is 3.76. The number of thiophene rings is 1. The fraction of sp³-hybridized carbons (Fsp3) is 0.250. The van der Waals surface area contributed by atoms with Crippen molar-refractivity contribution in [2.24, 2.45) is 0 Å². The summed E-state index contributed by atoms with van der Waals surface area (Å²) in [4.78, 5) is 0. The van der Waals surface area contributed by atoms with Crippen LogP contribution in [0.3, 0.4) is 0 Å². The number of hydrogen-bond donors (Lipinski definition) is 1. The Bertz CT molecular complexity index is 283. The highest BCUT2D eigenvalue weighted by molar-refractivity contribution is 9.12. The minimum Gasteiger partial charge on any atom is -0.310 e. The van der Waals surface area contributed by atoms with Crippen molar-refractivity contribution in [2.45, 2.75) is 6.04 Å². The molecule has 1 rings (SSSR count). The van der Waals surface area contributed by atoms with E-state index in [1.807, 2.05) is 13.1 Å². The Morgan fingerprint density at radius 2 is 2.33 bits per heavy atom. The van der Waals surface area contributed by atoms with Gasteiger partial charge in [0.05, 0.1) is 13.6 Å². The van der Waals surface area contributed by atoms with Gasteiger partial charge >= 0.3 is 0 Å². The van der Waals surface area contributed by atoms with Gasteiger partial charge in [-0.05, 0) is 50.5 Å². The average Bonchev–Trinajstić information content (AvgIpc) is 2.34. The Morgan fingerprint density at radius 1 is 1.67 bits per heavy atom. The van der Waals surface area contributed by atoms with Crippen LogP contribution in [0, 0.1) is 0 Å². The molecule has 0 radical (unpaired) electrons. The molecule has 0 aliphatic carbocycles. The SMILES string of the molecule is C=CC(NC)c1cc(Br)sc1Br. The smallest absolute Gasteiger partial charge is 0.0761 e. The molecule has 12 heavy (non-hydrogen) atoms. The van der Waals surface area contributed by atoms with E-state index in [-0.39, 0.29) is 6.04 Å². The van der Waals surface area contributed by atoms with Gasteiger partial charge in [-0.3, -0.25) is 0 Å². The Kier molecular flexibility index (Phi) is 3.96. The molecular weight excluding hydrogens is 302 g/mol. The number of rotatable bonds is 3. The maximum absolute atomic E-state index is 3.76. The lowest BCUT2D eigenvalue weighted by atomic mass is 10.1. The van der Waals surface area contributed by atoms with Crippen molar-refractivity contribution in [2.75, 3.05) is 7.05 Å². The van der Waals surface area contributed by atoms with Crippen LogP contribution in [0.2, 0.25) is 0 Å². The molecule has 1 aromatic heterocycles. The fourth-order valence-corrected chi connectivity index (χ4v) is 3.89. The number of hydrogen-bond acceptors (Lipinski definition) is 2. The van der Waals surface area contributed by atoms with Gasteiger partial charge in [-0.15, -0.1) is 17.9 Å². The van der Waals surface area contributed by atoms with Crippen LogP contribution < -0.4 is 5.32 Å². The van der Waals surface area contributed by atoms with Crippen LogP contribution in [0.5, 0.6) is 0 Å². The van der Waals surface area contributed by atoms with Crippen LogP contribution in [0.25, 0.3) is 0 Å². The molecule has 0 fully saturated rings.